The van der Waals surface area contributed by atoms with Crippen LogP contribution in [0, 0.1) is 0 Å². The lowest BCUT2D eigenvalue weighted by molar-refractivity contribution is 0.0653. The van der Waals surface area contributed by atoms with Crippen LogP contribution in [-0.2, 0) is 6.42 Å². The second-order valence-electron chi connectivity index (χ2n) is 9.30. The van der Waals surface area contributed by atoms with Gasteiger partial charge in [0.05, 0.1) is 28.9 Å². The van der Waals surface area contributed by atoms with Crippen molar-refractivity contribution in [1.29, 1.82) is 0 Å². The lowest BCUT2D eigenvalue weighted by atomic mass is 9.98. The molecule has 1 amide bonds. The van der Waals surface area contributed by atoms with Crippen molar-refractivity contribution in [2.24, 2.45) is 0 Å². The van der Waals surface area contributed by atoms with Crippen molar-refractivity contribution in [3.63, 3.8) is 0 Å². The third-order valence-electron chi connectivity index (χ3n) is 6.95. The maximum atomic E-state index is 14.1. The van der Waals surface area contributed by atoms with Crippen LogP contribution >= 0.6 is 0 Å². The average molecular weight is 501 g/mol. The molecule has 1 fully saturated rings. The molecule has 1 aliphatic heterocycles. The first-order valence-corrected chi connectivity index (χ1v) is 12.1. The van der Waals surface area contributed by atoms with Crippen LogP contribution in [0.15, 0.2) is 59.5 Å². The molecule has 5 aromatic heterocycles. The average Bonchev–Trinajstić information content (AvgIpc) is 3.31. The molecular formula is C26H21F2N7O2. The Balaban J connectivity index is 1.34. The molecule has 1 aliphatic carbocycles. The Morgan fingerprint density at radius 3 is 2.81 bits per heavy atom. The Morgan fingerprint density at radius 1 is 1.14 bits per heavy atom. The molecule has 7 rings (SSSR count). The largest absolute Gasteiger partial charge is 0.429 e. The minimum atomic E-state index is -2.65. The van der Waals surface area contributed by atoms with Gasteiger partial charge < -0.3 is 14.3 Å². The summed E-state index contributed by atoms with van der Waals surface area (Å²) in [6.07, 6.45) is 4.62. The Bertz CT molecular complexity index is 1620. The van der Waals surface area contributed by atoms with Gasteiger partial charge in [-0.05, 0) is 43.2 Å². The molecule has 2 aliphatic rings. The predicted octanol–water partition coefficient (Wildman–Crippen LogP) is 4.71. The number of aromatic amines is 1. The number of imidazole rings is 1. The van der Waals surface area contributed by atoms with E-state index in [1.54, 1.807) is 41.8 Å². The number of amides is 1. The van der Waals surface area contributed by atoms with E-state index < -0.39 is 12.5 Å². The molecule has 1 unspecified atom stereocenters. The zero-order valence-corrected chi connectivity index (χ0v) is 19.5. The maximum Gasteiger partial charge on any atom is 0.292 e. The van der Waals surface area contributed by atoms with E-state index in [2.05, 4.69) is 25.0 Å². The number of halogens is 2. The highest BCUT2D eigenvalue weighted by Crippen LogP contribution is 2.44. The number of fused-ring (bicyclic) bond motifs is 2. The van der Waals surface area contributed by atoms with Crippen LogP contribution in [0.3, 0.4) is 0 Å². The third-order valence-corrected chi connectivity index (χ3v) is 6.95. The smallest absolute Gasteiger partial charge is 0.292 e. The van der Waals surface area contributed by atoms with Crippen LogP contribution in [0.1, 0.15) is 70.1 Å². The number of hydrogen-bond donors (Lipinski definition) is 1. The normalized spacial score (nSPS) is 17.5. The van der Waals surface area contributed by atoms with Crippen molar-refractivity contribution in [3.05, 3.63) is 89.2 Å². The number of aromatic nitrogens is 6. The van der Waals surface area contributed by atoms with Crippen molar-refractivity contribution in [1.82, 2.24) is 34.4 Å². The predicted molar refractivity (Wildman–Crippen MR) is 127 cm³/mol. The van der Waals surface area contributed by atoms with Crippen LogP contribution in [-0.4, -0.2) is 46.9 Å². The molecule has 0 bridgehead atoms. The Labute approximate surface area is 209 Å². The summed E-state index contributed by atoms with van der Waals surface area (Å²) in [4.78, 5) is 32.3. The van der Waals surface area contributed by atoms with E-state index in [1.807, 2.05) is 6.07 Å². The van der Waals surface area contributed by atoms with E-state index in [-0.39, 0.29) is 23.1 Å². The van der Waals surface area contributed by atoms with Crippen LogP contribution in [0.2, 0.25) is 0 Å². The number of nitrogens with one attached hydrogen (secondary N) is 1. The van der Waals surface area contributed by atoms with Crippen LogP contribution in [0.25, 0.3) is 17.1 Å². The highest BCUT2D eigenvalue weighted by atomic mass is 19.3. The number of carbonyl (C=O) groups excluding carboxylic acids is 1. The minimum Gasteiger partial charge on any atom is -0.429 e. The summed E-state index contributed by atoms with van der Waals surface area (Å²) in [7, 11) is 0. The Hall–Kier alpha value is -4.41. The summed E-state index contributed by atoms with van der Waals surface area (Å²) in [6, 6.07) is 9.26. The standard InChI is InChI=1S/C26H21F2N7O2/c27-24(28)15-4-3-10-35-19(15)12-18(33-35)22-21-16(30-13-31-21)8-11-34(22)26(36)23-20(14-6-7-14)32-25(37-23)17-5-1-2-9-29-17/h1-5,9-10,12-14,22,24H,6-8,11H2,(H,30,31). The van der Waals surface area contributed by atoms with Gasteiger partial charge >= 0.3 is 0 Å². The molecule has 5 aromatic rings. The molecule has 1 N–H and O–H groups in total. The summed E-state index contributed by atoms with van der Waals surface area (Å²) in [5, 5.41) is 4.59. The molecule has 0 radical (unpaired) electrons. The van der Waals surface area contributed by atoms with E-state index in [4.69, 9.17) is 4.42 Å². The summed E-state index contributed by atoms with van der Waals surface area (Å²) < 4.78 is 34.9. The monoisotopic (exact) mass is 501 g/mol. The molecule has 6 heterocycles. The number of rotatable bonds is 5. The molecular weight excluding hydrogens is 480 g/mol. The summed E-state index contributed by atoms with van der Waals surface area (Å²) in [5.74, 6) is 0.313. The zero-order valence-electron chi connectivity index (χ0n) is 19.5. The molecule has 9 nitrogen and oxygen atoms in total. The van der Waals surface area contributed by atoms with E-state index in [0.29, 0.717) is 47.1 Å². The number of H-pyrrole nitrogens is 1. The molecule has 1 saturated carbocycles. The second kappa shape index (κ2) is 8.32. The third kappa shape index (κ3) is 3.61. The molecule has 186 valence electrons. The van der Waals surface area contributed by atoms with Crippen molar-refractivity contribution in [2.45, 2.75) is 37.6 Å². The van der Waals surface area contributed by atoms with Crippen molar-refractivity contribution >= 4 is 11.4 Å². The molecule has 11 heteroatoms. The number of alkyl halides is 2. The summed E-state index contributed by atoms with van der Waals surface area (Å²) in [6.45, 7) is 0.373. The second-order valence-corrected chi connectivity index (χ2v) is 9.30. The number of hydrogen-bond acceptors (Lipinski definition) is 6. The first-order chi connectivity index (χ1) is 18.1. The van der Waals surface area contributed by atoms with E-state index in [1.165, 1.54) is 16.6 Å². The Kier molecular flexibility index (Phi) is 4.91. The first-order valence-electron chi connectivity index (χ1n) is 12.1. The van der Waals surface area contributed by atoms with Gasteiger partial charge in [-0.3, -0.25) is 9.78 Å². The fraction of sp³-hybridized carbons (Fsp3) is 0.269. The zero-order chi connectivity index (χ0) is 25.1. The molecule has 1 atom stereocenters. The fourth-order valence-corrected chi connectivity index (χ4v) is 5.02. The SMILES string of the molecule is O=C(c1oc(-c2ccccn2)nc1C1CC1)N1CCc2[nH]cnc2C1c1cc2c(C(F)F)cccn2n1. The quantitative estimate of drug-likeness (QED) is 0.374. The van der Waals surface area contributed by atoms with Crippen molar-refractivity contribution < 1.29 is 18.0 Å². The van der Waals surface area contributed by atoms with E-state index >= 15 is 0 Å². The molecule has 37 heavy (non-hydrogen) atoms. The highest BCUT2D eigenvalue weighted by Gasteiger charge is 2.41. The maximum absolute atomic E-state index is 14.1. The van der Waals surface area contributed by atoms with Gasteiger partial charge in [0.15, 0.2) is 0 Å². The van der Waals surface area contributed by atoms with E-state index in [0.717, 1.165) is 18.5 Å². The number of oxazole rings is 1. The van der Waals surface area contributed by atoms with E-state index in [9.17, 15) is 13.6 Å². The van der Waals surface area contributed by atoms with Gasteiger partial charge in [0.2, 0.25) is 11.7 Å². The van der Waals surface area contributed by atoms with Gasteiger partial charge in [0.1, 0.15) is 11.7 Å². The molecule has 0 spiro atoms. The number of carbonyl (C=O) groups is 1. The van der Waals surface area contributed by atoms with Gasteiger partial charge in [0.25, 0.3) is 12.3 Å². The van der Waals surface area contributed by atoms with Crippen molar-refractivity contribution in [2.75, 3.05) is 6.54 Å². The van der Waals surface area contributed by atoms with Crippen molar-refractivity contribution in [3.8, 4) is 11.6 Å². The van der Waals surface area contributed by atoms with Gasteiger partial charge in [0, 0.05) is 42.5 Å². The van der Waals surface area contributed by atoms with Gasteiger partial charge in [-0.1, -0.05) is 6.07 Å². The Morgan fingerprint density at radius 2 is 2.03 bits per heavy atom. The number of pyridine rings is 2. The number of nitrogens with zero attached hydrogens (tertiary/aromatic N) is 6. The van der Waals surface area contributed by atoms with Crippen LogP contribution in [0.4, 0.5) is 8.78 Å². The van der Waals surface area contributed by atoms with Gasteiger partial charge in [-0.15, -0.1) is 0 Å². The van der Waals surface area contributed by atoms with Crippen LogP contribution < -0.4 is 0 Å². The molecule has 0 aromatic carbocycles. The summed E-state index contributed by atoms with van der Waals surface area (Å²) >= 11 is 0. The molecule has 0 saturated heterocycles. The lowest BCUT2D eigenvalue weighted by Crippen LogP contribution is -2.41. The lowest BCUT2D eigenvalue weighted by Gasteiger charge is -2.33. The highest BCUT2D eigenvalue weighted by molar-refractivity contribution is 5.94. The van der Waals surface area contributed by atoms with Gasteiger partial charge in [-0.2, -0.15) is 5.10 Å². The first kappa shape index (κ1) is 21.8. The minimum absolute atomic E-state index is 0.122. The van der Waals surface area contributed by atoms with Crippen LogP contribution in [0.5, 0.6) is 0 Å². The fourth-order valence-electron chi connectivity index (χ4n) is 5.02. The van der Waals surface area contributed by atoms with Gasteiger partial charge in [-0.25, -0.2) is 23.3 Å². The topological polar surface area (TPSA) is 105 Å². The summed E-state index contributed by atoms with van der Waals surface area (Å²) in [5.41, 5.74) is 3.32.